The zero-order chi connectivity index (χ0) is 8.33. The first-order valence-corrected chi connectivity index (χ1v) is 4.70. The molecule has 1 heteroatoms. The summed E-state index contributed by atoms with van der Waals surface area (Å²) in [6.45, 7) is 6.52. The Bertz CT molecular complexity index is 193. The van der Waals surface area contributed by atoms with Gasteiger partial charge in [0.1, 0.15) is 0 Å². The van der Waals surface area contributed by atoms with Gasteiger partial charge in [-0.25, -0.2) is 0 Å². The lowest BCUT2D eigenvalue weighted by molar-refractivity contribution is -0.000693. The van der Waals surface area contributed by atoms with Gasteiger partial charge < -0.3 is 5.11 Å². The summed E-state index contributed by atoms with van der Waals surface area (Å²) >= 11 is 0. The predicted octanol–water partition coefficient (Wildman–Crippen LogP) is 2.34. The Labute approximate surface area is 68.8 Å². The van der Waals surface area contributed by atoms with Gasteiger partial charge in [-0.2, -0.15) is 0 Å². The molecule has 2 fully saturated rings. The van der Waals surface area contributed by atoms with Gasteiger partial charge in [-0.1, -0.05) is 13.8 Å². The molecule has 2 aliphatic rings. The first-order chi connectivity index (χ1) is 4.97. The van der Waals surface area contributed by atoms with Gasteiger partial charge in [0.25, 0.3) is 0 Å². The van der Waals surface area contributed by atoms with E-state index >= 15 is 0 Å². The highest BCUT2D eigenvalue weighted by Crippen LogP contribution is 2.78. The largest absolute Gasteiger partial charge is 0.390 e. The highest BCUT2D eigenvalue weighted by molar-refractivity contribution is 5.23. The molecule has 0 heterocycles. The van der Waals surface area contributed by atoms with Gasteiger partial charge in [-0.15, -0.1) is 0 Å². The topological polar surface area (TPSA) is 20.2 Å². The third-order valence-electron chi connectivity index (χ3n) is 4.69. The van der Waals surface area contributed by atoms with Gasteiger partial charge in [-0.3, -0.25) is 0 Å². The van der Waals surface area contributed by atoms with Crippen LogP contribution in [-0.4, -0.2) is 10.7 Å². The number of fused-ring (bicyclic) bond motifs is 1. The van der Waals surface area contributed by atoms with Gasteiger partial charge in [0.2, 0.25) is 0 Å². The van der Waals surface area contributed by atoms with E-state index in [9.17, 15) is 5.11 Å². The first-order valence-electron chi connectivity index (χ1n) is 4.70. The lowest BCUT2D eigenvalue weighted by Gasteiger charge is -2.26. The summed E-state index contributed by atoms with van der Waals surface area (Å²) in [6.07, 6.45) is 4.76. The number of hydrogen-bond donors (Lipinski definition) is 1. The molecule has 0 aromatic heterocycles. The van der Waals surface area contributed by atoms with Crippen molar-refractivity contribution in [3.05, 3.63) is 0 Å². The summed E-state index contributed by atoms with van der Waals surface area (Å²) in [5.74, 6) is 0. The zero-order valence-electron chi connectivity index (χ0n) is 7.78. The molecule has 3 unspecified atom stereocenters. The second-order valence-electron chi connectivity index (χ2n) is 4.92. The second-order valence-corrected chi connectivity index (χ2v) is 4.92. The quantitative estimate of drug-likeness (QED) is 0.614. The second kappa shape index (κ2) is 1.66. The molecule has 0 aromatic carbocycles. The maximum atomic E-state index is 10.1. The van der Waals surface area contributed by atoms with Crippen LogP contribution in [0, 0.1) is 10.8 Å². The molecule has 2 saturated carbocycles. The highest BCUT2D eigenvalue weighted by Gasteiger charge is 2.74. The Morgan fingerprint density at radius 2 is 1.91 bits per heavy atom. The molecule has 0 amide bonds. The maximum absolute atomic E-state index is 10.1. The van der Waals surface area contributed by atoms with E-state index in [1.807, 2.05) is 6.92 Å². The van der Waals surface area contributed by atoms with Crippen LogP contribution in [0.5, 0.6) is 0 Å². The maximum Gasteiger partial charge on any atom is 0.0678 e. The van der Waals surface area contributed by atoms with Crippen molar-refractivity contribution in [3.63, 3.8) is 0 Å². The molecule has 64 valence electrons. The molecule has 0 radical (unpaired) electrons. The predicted molar refractivity (Wildman–Crippen MR) is 45.3 cm³/mol. The van der Waals surface area contributed by atoms with E-state index in [1.165, 1.54) is 19.3 Å². The minimum absolute atomic E-state index is 0.259. The van der Waals surface area contributed by atoms with Gasteiger partial charge >= 0.3 is 0 Å². The Kier molecular flexibility index (Phi) is 1.15. The van der Waals surface area contributed by atoms with Crippen LogP contribution in [0.15, 0.2) is 0 Å². The van der Waals surface area contributed by atoms with E-state index in [2.05, 4.69) is 13.8 Å². The van der Waals surface area contributed by atoms with E-state index in [0.717, 1.165) is 6.42 Å². The van der Waals surface area contributed by atoms with Crippen molar-refractivity contribution < 1.29 is 5.11 Å². The molecule has 0 spiro atoms. The van der Waals surface area contributed by atoms with Crippen LogP contribution < -0.4 is 0 Å². The van der Waals surface area contributed by atoms with Crippen molar-refractivity contribution in [3.8, 4) is 0 Å². The smallest absolute Gasteiger partial charge is 0.0678 e. The molecule has 2 aliphatic carbocycles. The van der Waals surface area contributed by atoms with Crippen LogP contribution in [0.25, 0.3) is 0 Å². The van der Waals surface area contributed by atoms with Crippen molar-refractivity contribution in [2.45, 2.75) is 52.1 Å². The van der Waals surface area contributed by atoms with Crippen molar-refractivity contribution >= 4 is 0 Å². The Hall–Kier alpha value is -0.0400. The molecule has 2 rings (SSSR count). The molecule has 11 heavy (non-hydrogen) atoms. The van der Waals surface area contributed by atoms with Gasteiger partial charge in [-0.05, 0) is 38.0 Å². The lowest BCUT2D eigenvalue weighted by Crippen LogP contribution is -2.31. The van der Waals surface area contributed by atoms with Crippen LogP contribution in [0.4, 0.5) is 0 Å². The fourth-order valence-electron chi connectivity index (χ4n) is 3.21. The summed E-state index contributed by atoms with van der Waals surface area (Å²) in [7, 11) is 0. The molecule has 1 N–H and O–H groups in total. The summed E-state index contributed by atoms with van der Waals surface area (Å²) < 4.78 is 0. The molecular weight excluding hydrogens is 136 g/mol. The van der Waals surface area contributed by atoms with E-state index in [-0.39, 0.29) is 11.0 Å². The normalized spacial score (nSPS) is 61.1. The molecular formula is C10H18O. The van der Waals surface area contributed by atoms with E-state index in [0.29, 0.717) is 5.41 Å². The van der Waals surface area contributed by atoms with Crippen molar-refractivity contribution in [2.75, 3.05) is 0 Å². The molecule has 3 atom stereocenters. The van der Waals surface area contributed by atoms with E-state index in [4.69, 9.17) is 0 Å². The SMILES string of the molecule is CCC12CCC(C)(O)C1(C)C2. The fourth-order valence-corrected chi connectivity index (χ4v) is 3.21. The van der Waals surface area contributed by atoms with Crippen LogP contribution in [0.2, 0.25) is 0 Å². The highest BCUT2D eigenvalue weighted by atomic mass is 16.3. The Balaban J connectivity index is 2.29. The molecule has 0 aromatic rings. The van der Waals surface area contributed by atoms with Gasteiger partial charge in [0, 0.05) is 5.41 Å². The van der Waals surface area contributed by atoms with E-state index in [1.54, 1.807) is 0 Å². The minimum Gasteiger partial charge on any atom is -0.390 e. The monoisotopic (exact) mass is 154 g/mol. The molecule has 0 aliphatic heterocycles. The number of hydrogen-bond acceptors (Lipinski definition) is 1. The third kappa shape index (κ3) is 0.618. The lowest BCUT2D eigenvalue weighted by atomic mass is 9.86. The summed E-state index contributed by atoms with van der Waals surface area (Å²) in [4.78, 5) is 0. The van der Waals surface area contributed by atoms with E-state index < -0.39 is 0 Å². The molecule has 0 saturated heterocycles. The van der Waals surface area contributed by atoms with Crippen LogP contribution in [0.3, 0.4) is 0 Å². The Morgan fingerprint density at radius 3 is 2.09 bits per heavy atom. The van der Waals surface area contributed by atoms with Crippen molar-refractivity contribution in [2.24, 2.45) is 10.8 Å². The first kappa shape index (κ1) is 7.60. The van der Waals surface area contributed by atoms with Crippen LogP contribution in [0.1, 0.15) is 46.5 Å². The van der Waals surface area contributed by atoms with Gasteiger partial charge in [0.15, 0.2) is 0 Å². The average molecular weight is 154 g/mol. The molecule has 0 bridgehead atoms. The Morgan fingerprint density at radius 1 is 1.27 bits per heavy atom. The fraction of sp³-hybridized carbons (Fsp3) is 1.00. The standard InChI is InChI=1S/C10H18O/c1-4-10-6-5-9(3,11)8(10,2)7-10/h11H,4-7H2,1-3H3. The summed E-state index contributed by atoms with van der Waals surface area (Å²) in [6, 6.07) is 0. The third-order valence-corrected chi connectivity index (χ3v) is 4.69. The summed E-state index contributed by atoms with van der Waals surface area (Å²) in [5, 5.41) is 10.1. The van der Waals surface area contributed by atoms with Gasteiger partial charge in [0.05, 0.1) is 5.60 Å². The summed E-state index contributed by atoms with van der Waals surface area (Å²) in [5.41, 5.74) is 0.411. The minimum atomic E-state index is -0.372. The average Bonchev–Trinajstić information content (AvgIpc) is 2.50. The van der Waals surface area contributed by atoms with Crippen molar-refractivity contribution in [1.82, 2.24) is 0 Å². The van der Waals surface area contributed by atoms with Crippen LogP contribution >= 0.6 is 0 Å². The number of rotatable bonds is 1. The number of aliphatic hydroxyl groups is 1. The van der Waals surface area contributed by atoms with Crippen LogP contribution in [-0.2, 0) is 0 Å². The van der Waals surface area contributed by atoms with Crippen molar-refractivity contribution in [1.29, 1.82) is 0 Å². The zero-order valence-corrected chi connectivity index (χ0v) is 7.78. The molecule has 1 nitrogen and oxygen atoms in total.